The summed E-state index contributed by atoms with van der Waals surface area (Å²) in [6, 6.07) is 7.35. The number of aromatic nitrogens is 1. The van der Waals surface area contributed by atoms with Gasteiger partial charge in [0.2, 0.25) is 5.91 Å². The average molecular weight is 358 g/mol. The minimum Gasteiger partial charge on any atom is -0.361 e. The Morgan fingerprint density at radius 2 is 1.88 bits per heavy atom. The third-order valence-corrected chi connectivity index (χ3v) is 4.04. The zero-order chi connectivity index (χ0) is 19.1. The largest absolute Gasteiger partial charge is 0.361 e. The molecule has 140 valence electrons. The first-order valence-corrected chi connectivity index (χ1v) is 8.67. The number of hydrogen-bond donors (Lipinski definition) is 3. The van der Waals surface area contributed by atoms with Crippen molar-refractivity contribution in [3.8, 4) is 0 Å². The van der Waals surface area contributed by atoms with Crippen LogP contribution in [0.5, 0.6) is 0 Å². The smallest absolute Gasteiger partial charge is 0.315 e. The molecule has 0 saturated carbocycles. The molecule has 3 amide bonds. The van der Waals surface area contributed by atoms with Gasteiger partial charge in [-0.1, -0.05) is 17.3 Å². The third kappa shape index (κ3) is 5.91. The van der Waals surface area contributed by atoms with Crippen LogP contribution in [-0.4, -0.2) is 29.7 Å². The first-order valence-electron chi connectivity index (χ1n) is 8.67. The van der Waals surface area contributed by atoms with E-state index >= 15 is 0 Å². The molecular weight excluding hydrogens is 332 g/mol. The molecule has 0 aliphatic heterocycles. The molecule has 0 saturated heterocycles. The lowest BCUT2D eigenvalue weighted by Crippen LogP contribution is -2.42. The Hall–Kier alpha value is -2.83. The molecule has 3 N–H and O–H groups in total. The molecule has 0 fully saturated rings. The van der Waals surface area contributed by atoms with Gasteiger partial charge in [0.1, 0.15) is 5.76 Å². The van der Waals surface area contributed by atoms with E-state index in [1.165, 1.54) is 6.92 Å². The van der Waals surface area contributed by atoms with Crippen LogP contribution in [0.15, 0.2) is 28.8 Å². The minimum atomic E-state index is -0.195. The van der Waals surface area contributed by atoms with E-state index in [1.807, 2.05) is 45.0 Å². The van der Waals surface area contributed by atoms with Gasteiger partial charge in [-0.15, -0.1) is 0 Å². The van der Waals surface area contributed by atoms with Gasteiger partial charge < -0.3 is 20.5 Å². The molecule has 7 heteroatoms. The molecule has 26 heavy (non-hydrogen) atoms. The highest BCUT2D eigenvalue weighted by molar-refractivity contribution is 5.88. The average Bonchev–Trinajstić information content (AvgIpc) is 2.88. The maximum atomic E-state index is 12.0. The zero-order valence-corrected chi connectivity index (χ0v) is 15.7. The molecule has 0 aliphatic rings. The quantitative estimate of drug-likeness (QED) is 0.709. The van der Waals surface area contributed by atoms with Crippen LogP contribution < -0.4 is 16.0 Å². The third-order valence-electron chi connectivity index (χ3n) is 4.04. The van der Waals surface area contributed by atoms with Crippen molar-refractivity contribution in [3.63, 3.8) is 0 Å². The Morgan fingerprint density at radius 1 is 1.19 bits per heavy atom. The number of anilines is 1. The summed E-state index contributed by atoms with van der Waals surface area (Å²) in [5.74, 6) is 0.695. The fourth-order valence-electron chi connectivity index (χ4n) is 2.70. The SMILES string of the molecule is CC(=O)Nc1ccc(CCNC(=O)NC(C)Cc2c(C)noc2C)cc1. The van der Waals surface area contributed by atoms with E-state index in [2.05, 4.69) is 21.1 Å². The predicted molar refractivity (Wildman–Crippen MR) is 100 cm³/mol. The molecule has 0 spiro atoms. The molecule has 1 unspecified atom stereocenters. The second-order valence-electron chi connectivity index (χ2n) is 6.44. The number of amides is 3. The lowest BCUT2D eigenvalue weighted by atomic mass is 10.1. The number of carbonyl (C=O) groups excluding carboxylic acids is 2. The van der Waals surface area contributed by atoms with Gasteiger partial charge in [-0.25, -0.2) is 4.79 Å². The Kier molecular flexibility index (Phi) is 6.77. The standard InChI is InChI=1S/C19H26N4O3/c1-12(11-18-13(2)23-26-14(18)3)21-19(25)20-10-9-16-5-7-17(8-6-16)22-15(4)24/h5-8,12H,9-11H2,1-4H3,(H,22,24)(H2,20,21,25). The van der Waals surface area contributed by atoms with Crippen molar-refractivity contribution in [2.45, 2.75) is 46.6 Å². The molecule has 1 atom stereocenters. The summed E-state index contributed by atoms with van der Waals surface area (Å²) in [6.07, 6.45) is 1.39. The summed E-state index contributed by atoms with van der Waals surface area (Å²) in [7, 11) is 0. The van der Waals surface area contributed by atoms with E-state index < -0.39 is 0 Å². The van der Waals surface area contributed by atoms with E-state index in [-0.39, 0.29) is 18.0 Å². The number of urea groups is 1. The first kappa shape index (κ1) is 19.5. The van der Waals surface area contributed by atoms with E-state index in [4.69, 9.17) is 4.52 Å². The Bertz CT molecular complexity index is 733. The molecule has 0 bridgehead atoms. The van der Waals surface area contributed by atoms with E-state index in [9.17, 15) is 9.59 Å². The number of nitrogens with one attached hydrogen (secondary N) is 3. The Morgan fingerprint density at radius 3 is 2.46 bits per heavy atom. The summed E-state index contributed by atoms with van der Waals surface area (Å²) >= 11 is 0. The second-order valence-corrected chi connectivity index (χ2v) is 6.44. The van der Waals surface area contributed by atoms with Gasteiger partial charge in [0, 0.05) is 30.8 Å². The molecule has 1 aromatic heterocycles. The molecule has 1 heterocycles. The maximum absolute atomic E-state index is 12.0. The Balaban J connectivity index is 1.72. The monoisotopic (exact) mass is 358 g/mol. The predicted octanol–water partition coefficient (Wildman–Crippen LogP) is 2.72. The van der Waals surface area contributed by atoms with Crippen molar-refractivity contribution in [1.29, 1.82) is 0 Å². The summed E-state index contributed by atoms with van der Waals surface area (Å²) in [4.78, 5) is 23.0. The fraction of sp³-hybridized carbons (Fsp3) is 0.421. The van der Waals surface area contributed by atoms with Gasteiger partial charge in [0.25, 0.3) is 0 Å². The minimum absolute atomic E-state index is 0.0243. The normalized spacial score (nSPS) is 11.7. The van der Waals surface area contributed by atoms with Gasteiger partial charge >= 0.3 is 6.03 Å². The van der Waals surface area contributed by atoms with Crippen molar-refractivity contribution >= 4 is 17.6 Å². The first-order chi connectivity index (χ1) is 12.3. The van der Waals surface area contributed by atoms with Gasteiger partial charge in [0.15, 0.2) is 0 Å². The lowest BCUT2D eigenvalue weighted by Gasteiger charge is -2.14. The van der Waals surface area contributed by atoms with Crippen LogP contribution in [0.1, 0.15) is 36.4 Å². The van der Waals surface area contributed by atoms with Gasteiger partial charge in [-0.2, -0.15) is 0 Å². The van der Waals surface area contributed by atoms with Crippen LogP contribution in [0.4, 0.5) is 10.5 Å². The van der Waals surface area contributed by atoms with Crippen molar-refractivity contribution in [2.75, 3.05) is 11.9 Å². The van der Waals surface area contributed by atoms with Crippen molar-refractivity contribution in [2.24, 2.45) is 0 Å². The van der Waals surface area contributed by atoms with Gasteiger partial charge in [-0.05, 0) is 51.3 Å². The van der Waals surface area contributed by atoms with Crippen LogP contribution in [0.25, 0.3) is 0 Å². The molecule has 2 rings (SSSR count). The maximum Gasteiger partial charge on any atom is 0.315 e. The fourth-order valence-corrected chi connectivity index (χ4v) is 2.70. The van der Waals surface area contributed by atoms with Crippen molar-refractivity contribution < 1.29 is 14.1 Å². The second kappa shape index (κ2) is 9.03. The molecule has 2 aromatic rings. The molecular formula is C19H26N4O3. The molecule has 1 aromatic carbocycles. The number of hydrogen-bond acceptors (Lipinski definition) is 4. The van der Waals surface area contributed by atoms with Crippen LogP contribution in [0.3, 0.4) is 0 Å². The summed E-state index contributed by atoms with van der Waals surface area (Å²) in [5, 5.41) is 12.4. The Labute approximate surface area is 153 Å². The van der Waals surface area contributed by atoms with Gasteiger partial charge in [-0.3, -0.25) is 4.79 Å². The highest BCUT2D eigenvalue weighted by atomic mass is 16.5. The number of aryl methyl sites for hydroxylation is 2. The summed E-state index contributed by atoms with van der Waals surface area (Å²) in [6.45, 7) is 7.73. The lowest BCUT2D eigenvalue weighted by molar-refractivity contribution is -0.114. The summed E-state index contributed by atoms with van der Waals surface area (Å²) in [5.41, 5.74) is 3.75. The zero-order valence-electron chi connectivity index (χ0n) is 15.7. The summed E-state index contributed by atoms with van der Waals surface area (Å²) < 4.78 is 5.14. The van der Waals surface area contributed by atoms with E-state index in [1.54, 1.807) is 0 Å². The molecule has 0 aliphatic carbocycles. The van der Waals surface area contributed by atoms with E-state index in [0.717, 1.165) is 28.3 Å². The molecule has 7 nitrogen and oxygen atoms in total. The number of benzene rings is 1. The van der Waals surface area contributed by atoms with E-state index in [0.29, 0.717) is 19.4 Å². The van der Waals surface area contributed by atoms with Crippen molar-refractivity contribution in [1.82, 2.24) is 15.8 Å². The topological polar surface area (TPSA) is 96.3 Å². The van der Waals surface area contributed by atoms with Gasteiger partial charge in [0.05, 0.1) is 5.69 Å². The number of rotatable bonds is 7. The molecule has 0 radical (unpaired) electrons. The van der Waals surface area contributed by atoms with Crippen LogP contribution in [0.2, 0.25) is 0 Å². The van der Waals surface area contributed by atoms with Crippen LogP contribution in [0, 0.1) is 13.8 Å². The van der Waals surface area contributed by atoms with Crippen molar-refractivity contribution in [3.05, 3.63) is 46.8 Å². The van der Waals surface area contributed by atoms with Crippen LogP contribution in [-0.2, 0) is 17.6 Å². The number of nitrogens with zero attached hydrogens (tertiary/aromatic N) is 1. The van der Waals surface area contributed by atoms with Crippen LogP contribution >= 0.6 is 0 Å². The highest BCUT2D eigenvalue weighted by Gasteiger charge is 2.14. The number of carbonyl (C=O) groups is 2. The highest BCUT2D eigenvalue weighted by Crippen LogP contribution is 2.14.